The van der Waals surface area contributed by atoms with Gasteiger partial charge in [-0.25, -0.2) is 4.98 Å². The van der Waals surface area contributed by atoms with Gasteiger partial charge in [0.05, 0.1) is 6.04 Å². The molecule has 1 aromatic heterocycles. The molecule has 1 saturated heterocycles. The molecular formula is C23H22N2O4S. The van der Waals surface area contributed by atoms with E-state index in [1.54, 1.807) is 0 Å². The fourth-order valence-electron chi connectivity index (χ4n) is 3.30. The monoisotopic (exact) mass is 422 g/mol. The van der Waals surface area contributed by atoms with Crippen molar-refractivity contribution >= 4 is 22.1 Å². The van der Waals surface area contributed by atoms with Gasteiger partial charge in [0.2, 0.25) is 11.0 Å². The van der Waals surface area contributed by atoms with Gasteiger partial charge in [0.1, 0.15) is 23.8 Å². The summed E-state index contributed by atoms with van der Waals surface area (Å²) < 4.78 is 11.7. The van der Waals surface area contributed by atoms with Crippen LogP contribution in [0.15, 0.2) is 59.0 Å². The number of ether oxygens (including phenoxy) is 1. The summed E-state index contributed by atoms with van der Waals surface area (Å²) in [5, 5.41) is 2.35. The highest BCUT2D eigenvalue weighted by molar-refractivity contribution is 8.26. The Kier molecular flexibility index (Phi) is 6.18. The first kappa shape index (κ1) is 20.2. The van der Waals surface area contributed by atoms with Crippen molar-refractivity contribution in [3.63, 3.8) is 0 Å². The van der Waals surface area contributed by atoms with E-state index >= 15 is 0 Å². The topological polar surface area (TPSA) is 81.4 Å². The van der Waals surface area contributed by atoms with E-state index in [1.165, 1.54) is 0 Å². The summed E-state index contributed by atoms with van der Waals surface area (Å²) in [5.74, 6) is 2.09. The Morgan fingerprint density at radius 3 is 2.73 bits per heavy atom. The third-order valence-corrected chi connectivity index (χ3v) is 5.70. The van der Waals surface area contributed by atoms with Crippen molar-refractivity contribution in [2.75, 3.05) is 0 Å². The Morgan fingerprint density at radius 1 is 1.13 bits per heavy atom. The van der Waals surface area contributed by atoms with Crippen LogP contribution in [0.4, 0.5) is 4.79 Å². The number of rotatable bonds is 8. The van der Waals surface area contributed by atoms with Gasteiger partial charge in [0.15, 0.2) is 0 Å². The summed E-state index contributed by atoms with van der Waals surface area (Å²) in [7, 11) is 0. The van der Waals surface area contributed by atoms with Crippen LogP contribution in [-0.2, 0) is 17.8 Å². The summed E-state index contributed by atoms with van der Waals surface area (Å²) in [6.45, 7) is 2.21. The van der Waals surface area contributed by atoms with Crippen LogP contribution in [0, 0.1) is 6.92 Å². The van der Waals surface area contributed by atoms with Crippen molar-refractivity contribution in [3.8, 4) is 17.2 Å². The summed E-state index contributed by atoms with van der Waals surface area (Å²) >= 11 is 0.761. The van der Waals surface area contributed by atoms with Crippen LogP contribution in [-0.4, -0.2) is 21.4 Å². The van der Waals surface area contributed by atoms with Gasteiger partial charge < -0.3 is 14.5 Å². The van der Waals surface area contributed by atoms with Crippen molar-refractivity contribution in [1.29, 1.82) is 0 Å². The molecule has 1 N–H and O–H groups in total. The molecule has 30 heavy (non-hydrogen) atoms. The zero-order chi connectivity index (χ0) is 20.9. The number of hydrogen-bond donors (Lipinski definition) is 1. The Balaban J connectivity index is 1.32. The van der Waals surface area contributed by atoms with Crippen molar-refractivity contribution in [2.45, 2.75) is 38.8 Å². The number of nitrogens with zero attached hydrogens (tertiary/aromatic N) is 1. The molecule has 1 fully saturated rings. The van der Waals surface area contributed by atoms with Crippen LogP contribution in [0.2, 0.25) is 0 Å². The van der Waals surface area contributed by atoms with Gasteiger partial charge in [-0.2, -0.15) is 0 Å². The first-order valence-electron chi connectivity index (χ1n) is 9.84. The van der Waals surface area contributed by atoms with Crippen molar-refractivity contribution in [2.24, 2.45) is 0 Å². The van der Waals surface area contributed by atoms with Gasteiger partial charge in [-0.05, 0) is 56.0 Å². The predicted molar refractivity (Wildman–Crippen MR) is 115 cm³/mol. The second-order valence-corrected chi connectivity index (χ2v) is 8.10. The highest BCUT2D eigenvalue weighted by Crippen LogP contribution is 2.24. The molecular weight excluding hydrogens is 400 g/mol. The van der Waals surface area contributed by atoms with E-state index in [0.29, 0.717) is 18.9 Å². The van der Waals surface area contributed by atoms with E-state index in [1.807, 2.05) is 61.5 Å². The largest absolute Gasteiger partial charge is 0.487 e. The lowest BCUT2D eigenvalue weighted by atomic mass is 10.1. The van der Waals surface area contributed by atoms with E-state index < -0.39 is 0 Å². The number of aryl methyl sites for hydroxylation is 2. The molecule has 0 aliphatic carbocycles. The Hall–Kier alpha value is -3.06. The van der Waals surface area contributed by atoms with Crippen molar-refractivity contribution in [1.82, 2.24) is 10.3 Å². The van der Waals surface area contributed by atoms with E-state index in [9.17, 15) is 9.59 Å². The maximum Gasteiger partial charge on any atom is 0.287 e. The minimum absolute atomic E-state index is 0.0880. The van der Waals surface area contributed by atoms with Gasteiger partial charge in [-0.1, -0.05) is 30.3 Å². The zero-order valence-corrected chi connectivity index (χ0v) is 17.4. The molecule has 1 amide bonds. The molecule has 4 rings (SSSR count). The number of carbonyl (C=O) groups is 2. The maximum absolute atomic E-state index is 11.7. The van der Waals surface area contributed by atoms with Gasteiger partial charge in [-0.15, -0.1) is 0 Å². The lowest BCUT2D eigenvalue weighted by Crippen LogP contribution is -2.28. The van der Waals surface area contributed by atoms with E-state index in [2.05, 4.69) is 10.3 Å². The minimum Gasteiger partial charge on any atom is -0.487 e. The summed E-state index contributed by atoms with van der Waals surface area (Å²) in [6, 6.07) is 17.3. The second-order valence-electron chi connectivity index (χ2n) is 7.12. The van der Waals surface area contributed by atoms with Crippen LogP contribution < -0.4 is 10.1 Å². The molecule has 1 aliphatic rings. The molecule has 1 atom stereocenters. The molecule has 1 aliphatic heterocycles. The van der Waals surface area contributed by atoms with Crippen LogP contribution in [0.5, 0.6) is 5.75 Å². The van der Waals surface area contributed by atoms with Gasteiger partial charge in [0.25, 0.3) is 5.24 Å². The molecule has 1 unspecified atom stereocenters. The molecule has 3 aromatic rings. The maximum atomic E-state index is 11.7. The number of amides is 1. The summed E-state index contributed by atoms with van der Waals surface area (Å²) in [6.07, 6.45) is 2.26. The van der Waals surface area contributed by atoms with E-state index in [-0.39, 0.29) is 16.4 Å². The number of thioether (sulfide) groups is 1. The molecule has 6 nitrogen and oxygen atoms in total. The van der Waals surface area contributed by atoms with E-state index in [4.69, 9.17) is 9.15 Å². The fourth-order valence-corrected chi connectivity index (χ4v) is 4.01. The molecule has 0 spiro atoms. The molecule has 2 heterocycles. The number of benzene rings is 2. The average Bonchev–Trinajstić information content (AvgIpc) is 3.28. The molecule has 2 aromatic carbocycles. The second kappa shape index (κ2) is 9.17. The van der Waals surface area contributed by atoms with Crippen LogP contribution in [0.1, 0.15) is 29.9 Å². The summed E-state index contributed by atoms with van der Waals surface area (Å²) in [4.78, 5) is 27.5. The van der Waals surface area contributed by atoms with Gasteiger partial charge in [-0.3, -0.25) is 9.59 Å². The Labute approximate surface area is 179 Å². The number of nitrogens with one attached hydrogen (secondary N) is 1. The zero-order valence-electron chi connectivity index (χ0n) is 16.6. The van der Waals surface area contributed by atoms with Crippen LogP contribution >= 0.6 is 11.8 Å². The van der Waals surface area contributed by atoms with Crippen molar-refractivity contribution < 1.29 is 18.7 Å². The summed E-state index contributed by atoms with van der Waals surface area (Å²) in [5.41, 5.74) is 2.83. The van der Waals surface area contributed by atoms with Gasteiger partial charge >= 0.3 is 0 Å². The standard InChI is InChI=1S/C23H22N2O4S/c1-15-20(24-21(29-15)17-9-3-2-4-10-17)14-28-18-11-5-7-16(13-18)8-6-12-19-22(26)30-23(27)25-19/h2-5,7,9-11,13,19H,6,8,12,14H2,1H3,(H,25,27). The van der Waals surface area contributed by atoms with Crippen molar-refractivity contribution in [3.05, 3.63) is 71.6 Å². The quantitative estimate of drug-likeness (QED) is 0.556. The SMILES string of the molecule is Cc1oc(-c2ccccc2)nc1COc1cccc(CCCC2NC(=O)SC2=O)c1. The first-order valence-corrected chi connectivity index (χ1v) is 10.7. The van der Waals surface area contributed by atoms with Crippen LogP contribution in [0.3, 0.4) is 0 Å². The molecule has 7 heteroatoms. The third-order valence-electron chi connectivity index (χ3n) is 4.92. The molecule has 0 saturated carbocycles. The number of aromatic nitrogens is 1. The lowest BCUT2D eigenvalue weighted by molar-refractivity contribution is -0.112. The Bertz CT molecular complexity index is 1050. The average molecular weight is 423 g/mol. The highest BCUT2D eigenvalue weighted by Gasteiger charge is 2.30. The van der Waals surface area contributed by atoms with Gasteiger partial charge in [0, 0.05) is 17.3 Å². The number of oxazole rings is 1. The Morgan fingerprint density at radius 2 is 1.97 bits per heavy atom. The smallest absolute Gasteiger partial charge is 0.287 e. The highest BCUT2D eigenvalue weighted by atomic mass is 32.2. The number of carbonyl (C=O) groups excluding carboxylic acids is 2. The minimum atomic E-state index is -0.365. The number of hydrogen-bond acceptors (Lipinski definition) is 6. The molecule has 0 bridgehead atoms. The molecule has 0 radical (unpaired) electrons. The van der Waals surface area contributed by atoms with E-state index in [0.717, 1.165) is 52.9 Å². The molecule has 154 valence electrons. The fraction of sp³-hybridized carbons (Fsp3) is 0.261. The lowest BCUT2D eigenvalue weighted by Gasteiger charge is -2.09. The predicted octanol–water partition coefficient (Wildman–Crippen LogP) is 4.90. The third kappa shape index (κ3) is 4.91. The normalized spacial score (nSPS) is 16.0. The first-order chi connectivity index (χ1) is 14.6. The van der Waals surface area contributed by atoms with Crippen LogP contribution in [0.25, 0.3) is 11.5 Å².